The van der Waals surface area contributed by atoms with Crippen molar-refractivity contribution in [2.75, 3.05) is 32.2 Å². The van der Waals surface area contributed by atoms with Crippen molar-refractivity contribution in [3.8, 4) is 22.8 Å². The topological polar surface area (TPSA) is 69.7 Å². The van der Waals surface area contributed by atoms with E-state index in [1.165, 1.54) is 11.3 Å². The summed E-state index contributed by atoms with van der Waals surface area (Å²) in [6.07, 6.45) is 0. The van der Waals surface area contributed by atoms with E-state index in [0.29, 0.717) is 36.3 Å². The highest BCUT2D eigenvalue weighted by Crippen LogP contribution is 2.32. The standard InChI is InChI=1S/C21H22N2O4S/c1-3-26-19-7-5-4-6-17(19)18-14-28-21(22-18)23-20(24)15-8-10-16(11-9-15)27-13-12-25-2/h4-11,14H,3,12-13H2,1-2H3,(H,22,23,24). The summed E-state index contributed by atoms with van der Waals surface area (Å²) in [5, 5.41) is 5.28. The Morgan fingerprint density at radius 2 is 1.86 bits per heavy atom. The summed E-state index contributed by atoms with van der Waals surface area (Å²) in [6.45, 7) is 3.50. The molecule has 0 saturated carbocycles. The third-order valence-electron chi connectivity index (χ3n) is 3.86. The van der Waals surface area contributed by atoms with Crippen molar-refractivity contribution >= 4 is 22.4 Å². The highest BCUT2D eigenvalue weighted by Gasteiger charge is 2.12. The van der Waals surface area contributed by atoms with Gasteiger partial charge in [-0.2, -0.15) is 0 Å². The smallest absolute Gasteiger partial charge is 0.257 e. The van der Waals surface area contributed by atoms with Gasteiger partial charge in [-0.1, -0.05) is 12.1 Å². The summed E-state index contributed by atoms with van der Waals surface area (Å²) < 4.78 is 16.1. The average molecular weight is 398 g/mol. The van der Waals surface area contributed by atoms with Crippen LogP contribution in [0, 0.1) is 0 Å². The minimum Gasteiger partial charge on any atom is -0.493 e. The van der Waals surface area contributed by atoms with Gasteiger partial charge in [0.2, 0.25) is 0 Å². The number of hydrogen-bond acceptors (Lipinski definition) is 6. The number of nitrogens with one attached hydrogen (secondary N) is 1. The van der Waals surface area contributed by atoms with E-state index in [-0.39, 0.29) is 5.91 Å². The first-order valence-electron chi connectivity index (χ1n) is 8.92. The Bertz CT molecular complexity index is 909. The zero-order valence-corrected chi connectivity index (χ0v) is 16.6. The molecule has 0 fully saturated rings. The lowest BCUT2D eigenvalue weighted by Gasteiger charge is -2.07. The second kappa shape index (κ2) is 9.87. The number of methoxy groups -OCH3 is 1. The first-order valence-corrected chi connectivity index (χ1v) is 9.80. The highest BCUT2D eigenvalue weighted by atomic mass is 32.1. The maximum absolute atomic E-state index is 12.5. The van der Waals surface area contributed by atoms with Gasteiger partial charge in [-0.3, -0.25) is 10.1 Å². The molecular weight excluding hydrogens is 376 g/mol. The van der Waals surface area contributed by atoms with Crippen molar-refractivity contribution in [2.45, 2.75) is 6.92 Å². The van der Waals surface area contributed by atoms with Crippen LogP contribution in [0.3, 0.4) is 0 Å². The maximum atomic E-state index is 12.5. The molecule has 6 nitrogen and oxygen atoms in total. The maximum Gasteiger partial charge on any atom is 0.257 e. The molecule has 2 aromatic carbocycles. The van der Waals surface area contributed by atoms with E-state index in [1.807, 2.05) is 36.6 Å². The zero-order chi connectivity index (χ0) is 19.8. The largest absolute Gasteiger partial charge is 0.493 e. The van der Waals surface area contributed by atoms with E-state index in [2.05, 4.69) is 10.3 Å². The van der Waals surface area contributed by atoms with Gasteiger partial charge in [0.15, 0.2) is 5.13 Å². The summed E-state index contributed by atoms with van der Waals surface area (Å²) in [4.78, 5) is 17.0. The Labute approximate surface area is 168 Å². The summed E-state index contributed by atoms with van der Waals surface area (Å²) in [7, 11) is 1.62. The van der Waals surface area contributed by atoms with Crippen LogP contribution in [0.15, 0.2) is 53.9 Å². The van der Waals surface area contributed by atoms with Crippen LogP contribution in [0.2, 0.25) is 0 Å². The van der Waals surface area contributed by atoms with Gasteiger partial charge in [0.25, 0.3) is 5.91 Å². The van der Waals surface area contributed by atoms with Gasteiger partial charge in [-0.05, 0) is 43.3 Å². The summed E-state index contributed by atoms with van der Waals surface area (Å²) in [5.41, 5.74) is 2.20. The number of nitrogens with zero attached hydrogens (tertiary/aromatic N) is 1. The van der Waals surface area contributed by atoms with E-state index in [0.717, 1.165) is 17.0 Å². The van der Waals surface area contributed by atoms with E-state index in [1.54, 1.807) is 31.4 Å². The summed E-state index contributed by atoms with van der Waals surface area (Å²) in [6, 6.07) is 14.7. The number of para-hydroxylation sites is 1. The van der Waals surface area contributed by atoms with Crippen molar-refractivity contribution in [1.82, 2.24) is 4.98 Å². The quantitative estimate of drug-likeness (QED) is 0.538. The molecule has 0 radical (unpaired) electrons. The molecule has 0 unspecified atom stereocenters. The van der Waals surface area contributed by atoms with Gasteiger partial charge in [-0.25, -0.2) is 4.98 Å². The van der Waals surface area contributed by atoms with Crippen molar-refractivity contribution in [2.24, 2.45) is 0 Å². The molecule has 3 rings (SSSR count). The van der Waals surface area contributed by atoms with Crippen LogP contribution in [0.25, 0.3) is 11.3 Å². The first-order chi connectivity index (χ1) is 13.7. The van der Waals surface area contributed by atoms with E-state index >= 15 is 0 Å². The van der Waals surface area contributed by atoms with Crippen LogP contribution in [0.4, 0.5) is 5.13 Å². The SMILES string of the molecule is CCOc1ccccc1-c1csc(NC(=O)c2ccc(OCCOC)cc2)n1. The molecule has 0 bridgehead atoms. The van der Waals surface area contributed by atoms with Crippen LogP contribution in [-0.2, 0) is 4.74 Å². The van der Waals surface area contributed by atoms with Crippen LogP contribution in [0.5, 0.6) is 11.5 Å². The molecule has 0 aliphatic heterocycles. The number of amides is 1. The minimum absolute atomic E-state index is 0.220. The van der Waals surface area contributed by atoms with Gasteiger partial charge >= 0.3 is 0 Å². The lowest BCUT2D eigenvalue weighted by atomic mass is 10.1. The van der Waals surface area contributed by atoms with E-state index in [9.17, 15) is 4.79 Å². The van der Waals surface area contributed by atoms with Crippen molar-refractivity contribution < 1.29 is 19.0 Å². The minimum atomic E-state index is -0.220. The molecule has 0 saturated heterocycles. The van der Waals surface area contributed by atoms with Crippen molar-refractivity contribution in [3.63, 3.8) is 0 Å². The number of thiazole rings is 1. The van der Waals surface area contributed by atoms with E-state index in [4.69, 9.17) is 14.2 Å². The fraction of sp³-hybridized carbons (Fsp3) is 0.238. The van der Waals surface area contributed by atoms with Gasteiger partial charge in [0.1, 0.15) is 18.1 Å². The first kappa shape index (κ1) is 19.9. The normalized spacial score (nSPS) is 10.5. The van der Waals surface area contributed by atoms with Crippen LogP contribution in [-0.4, -0.2) is 37.8 Å². The Balaban J connectivity index is 1.66. The van der Waals surface area contributed by atoms with Crippen LogP contribution in [0.1, 0.15) is 17.3 Å². The number of benzene rings is 2. The molecule has 0 aliphatic carbocycles. The molecule has 1 N–H and O–H groups in total. The predicted molar refractivity (Wildman–Crippen MR) is 110 cm³/mol. The molecule has 0 spiro atoms. The molecule has 1 amide bonds. The Morgan fingerprint density at radius 1 is 1.07 bits per heavy atom. The number of ether oxygens (including phenoxy) is 3. The van der Waals surface area contributed by atoms with Gasteiger partial charge in [0.05, 0.1) is 18.9 Å². The Morgan fingerprint density at radius 3 is 2.61 bits per heavy atom. The molecule has 1 heterocycles. The van der Waals surface area contributed by atoms with Crippen molar-refractivity contribution in [1.29, 1.82) is 0 Å². The predicted octanol–water partition coefficient (Wildman–Crippen LogP) is 4.49. The average Bonchev–Trinajstić information content (AvgIpc) is 3.17. The summed E-state index contributed by atoms with van der Waals surface area (Å²) in [5.74, 6) is 1.25. The summed E-state index contributed by atoms with van der Waals surface area (Å²) >= 11 is 1.37. The van der Waals surface area contributed by atoms with E-state index < -0.39 is 0 Å². The Kier molecular flexibility index (Phi) is 7.00. The molecule has 3 aromatic rings. The zero-order valence-electron chi connectivity index (χ0n) is 15.8. The molecule has 28 heavy (non-hydrogen) atoms. The number of rotatable bonds is 9. The number of anilines is 1. The molecule has 1 aromatic heterocycles. The van der Waals surface area contributed by atoms with Crippen LogP contribution < -0.4 is 14.8 Å². The molecule has 7 heteroatoms. The van der Waals surface area contributed by atoms with Crippen molar-refractivity contribution in [3.05, 3.63) is 59.5 Å². The molecule has 146 valence electrons. The lowest BCUT2D eigenvalue weighted by molar-refractivity contribution is 0.102. The molecule has 0 atom stereocenters. The molecular formula is C21H22N2O4S. The lowest BCUT2D eigenvalue weighted by Crippen LogP contribution is -2.11. The second-order valence-corrected chi connectivity index (χ2v) is 6.64. The monoisotopic (exact) mass is 398 g/mol. The Hall–Kier alpha value is -2.90. The number of carbonyl (C=O) groups is 1. The fourth-order valence-electron chi connectivity index (χ4n) is 2.53. The number of aromatic nitrogens is 1. The van der Waals surface area contributed by atoms with Gasteiger partial charge < -0.3 is 14.2 Å². The van der Waals surface area contributed by atoms with Gasteiger partial charge in [0, 0.05) is 23.6 Å². The second-order valence-electron chi connectivity index (χ2n) is 5.79. The number of hydrogen-bond donors (Lipinski definition) is 1. The fourth-order valence-corrected chi connectivity index (χ4v) is 3.23. The third kappa shape index (κ3) is 5.09. The molecule has 0 aliphatic rings. The number of carbonyl (C=O) groups excluding carboxylic acids is 1. The van der Waals surface area contributed by atoms with Crippen LogP contribution >= 0.6 is 11.3 Å². The third-order valence-corrected chi connectivity index (χ3v) is 4.62. The highest BCUT2D eigenvalue weighted by molar-refractivity contribution is 7.14. The van der Waals surface area contributed by atoms with Gasteiger partial charge in [-0.15, -0.1) is 11.3 Å².